The summed E-state index contributed by atoms with van der Waals surface area (Å²) in [5.74, 6) is -3.24. The molecule has 1 aliphatic heterocycles. The molecular weight excluding hydrogens is 441 g/mol. The van der Waals surface area contributed by atoms with Gasteiger partial charge in [-0.05, 0) is 36.5 Å². The maximum absolute atomic E-state index is 13.4. The van der Waals surface area contributed by atoms with E-state index in [9.17, 15) is 22.0 Å². The van der Waals surface area contributed by atoms with Crippen LogP contribution >= 0.6 is 0 Å². The third kappa shape index (κ3) is 3.90. The van der Waals surface area contributed by atoms with Crippen LogP contribution in [0.25, 0.3) is 10.5 Å². The second-order valence-corrected chi connectivity index (χ2v) is 8.68. The topological polar surface area (TPSA) is 37.8 Å². The molecule has 1 aromatic carbocycles. The van der Waals surface area contributed by atoms with Gasteiger partial charge in [0.2, 0.25) is 0 Å². The predicted molar refractivity (Wildman–Crippen MR) is 112 cm³/mol. The van der Waals surface area contributed by atoms with E-state index in [-0.39, 0.29) is 24.4 Å². The lowest BCUT2D eigenvalue weighted by atomic mass is 9.86. The number of piperidine rings is 1. The van der Waals surface area contributed by atoms with Crippen molar-refractivity contribution in [2.45, 2.75) is 43.7 Å². The van der Waals surface area contributed by atoms with Gasteiger partial charge in [-0.25, -0.2) is 13.6 Å². The first-order chi connectivity index (χ1) is 15.7. The molecule has 0 bridgehead atoms. The fourth-order valence-electron chi connectivity index (χ4n) is 4.74. The second-order valence-electron chi connectivity index (χ2n) is 8.68. The number of halogens is 5. The summed E-state index contributed by atoms with van der Waals surface area (Å²) in [7, 11) is 0. The number of hydrogen-bond acceptors (Lipinski definition) is 3. The Labute approximate surface area is 186 Å². The number of alkyl halides is 5. The zero-order chi connectivity index (χ0) is 23.4. The van der Waals surface area contributed by atoms with E-state index in [1.807, 2.05) is 4.90 Å². The molecule has 5 rings (SSSR count). The van der Waals surface area contributed by atoms with Crippen LogP contribution in [0.3, 0.4) is 0 Å². The van der Waals surface area contributed by atoms with Crippen molar-refractivity contribution in [3.8, 4) is 0 Å². The molecule has 33 heavy (non-hydrogen) atoms. The quantitative estimate of drug-likeness (QED) is 0.360. The molecule has 1 unspecified atom stereocenters. The Morgan fingerprint density at radius 3 is 2.42 bits per heavy atom. The molecule has 1 aliphatic carbocycles. The van der Waals surface area contributed by atoms with Gasteiger partial charge in [-0.3, -0.25) is 4.40 Å². The molecule has 0 N–H and O–H groups in total. The van der Waals surface area contributed by atoms with Gasteiger partial charge in [-0.1, -0.05) is 18.2 Å². The van der Waals surface area contributed by atoms with Crippen molar-refractivity contribution >= 4 is 17.0 Å². The number of nitrogens with zero attached hydrogens (tertiary/aromatic N) is 5. The van der Waals surface area contributed by atoms with Crippen LogP contribution in [0.15, 0.2) is 36.5 Å². The molecule has 10 heteroatoms. The highest BCUT2D eigenvalue weighted by Gasteiger charge is 2.56. The van der Waals surface area contributed by atoms with Gasteiger partial charge < -0.3 is 4.90 Å². The highest BCUT2D eigenvalue weighted by molar-refractivity contribution is 5.83. The van der Waals surface area contributed by atoms with Gasteiger partial charge in [0.15, 0.2) is 5.65 Å². The fourth-order valence-corrected chi connectivity index (χ4v) is 4.74. The summed E-state index contributed by atoms with van der Waals surface area (Å²) in [4.78, 5) is 5.60. The monoisotopic (exact) mass is 461 g/mol. The predicted octanol–water partition coefficient (Wildman–Crippen LogP) is 5.88. The van der Waals surface area contributed by atoms with Crippen molar-refractivity contribution in [2.75, 3.05) is 18.0 Å². The van der Waals surface area contributed by atoms with Gasteiger partial charge >= 0.3 is 6.18 Å². The first-order valence-electron chi connectivity index (χ1n) is 10.7. The summed E-state index contributed by atoms with van der Waals surface area (Å²) in [5.41, 5.74) is 0.933. The molecule has 172 valence electrons. The minimum absolute atomic E-state index is 0.0922. The van der Waals surface area contributed by atoms with E-state index in [2.05, 4.69) is 15.0 Å². The summed E-state index contributed by atoms with van der Waals surface area (Å²) >= 11 is 0. The standard InChI is InChI=1S/C23H20F5N5/c1-29-20-18(8-11-33-19(30-31-21(20)33)12-15-13-22(15,24)25)32-9-6-14(7-10-32)16-4-2-3-5-17(16)23(26,27)28/h2-5,8,11,14-15H,6-7,9-10,12-13H2. The van der Waals surface area contributed by atoms with Gasteiger partial charge in [0.25, 0.3) is 11.6 Å². The van der Waals surface area contributed by atoms with Gasteiger partial charge in [0.05, 0.1) is 12.1 Å². The Hall–Kier alpha value is -3.22. The van der Waals surface area contributed by atoms with Crippen molar-refractivity contribution in [2.24, 2.45) is 5.92 Å². The van der Waals surface area contributed by atoms with E-state index >= 15 is 0 Å². The maximum atomic E-state index is 13.4. The van der Waals surface area contributed by atoms with E-state index in [0.717, 1.165) is 6.07 Å². The molecular formula is C23H20F5N5. The number of fused-ring (bicyclic) bond motifs is 1. The Bertz CT molecular complexity index is 1230. The molecule has 0 amide bonds. The zero-order valence-corrected chi connectivity index (χ0v) is 17.5. The largest absolute Gasteiger partial charge is 0.416 e. The average molecular weight is 461 g/mol. The van der Waals surface area contributed by atoms with Crippen molar-refractivity contribution in [1.82, 2.24) is 14.6 Å². The van der Waals surface area contributed by atoms with Crippen LogP contribution in [0.2, 0.25) is 0 Å². The normalized spacial score (nSPS) is 20.7. The lowest BCUT2D eigenvalue weighted by Gasteiger charge is -2.35. The molecule has 2 aromatic heterocycles. The van der Waals surface area contributed by atoms with E-state index in [0.29, 0.717) is 48.7 Å². The van der Waals surface area contributed by atoms with Crippen LogP contribution in [0, 0.1) is 12.5 Å². The Morgan fingerprint density at radius 2 is 1.79 bits per heavy atom. The average Bonchev–Trinajstić information content (AvgIpc) is 3.20. The third-order valence-electron chi connectivity index (χ3n) is 6.64. The first-order valence-corrected chi connectivity index (χ1v) is 10.7. The van der Waals surface area contributed by atoms with Crippen LogP contribution in [0.5, 0.6) is 0 Å². The molecule has 1 saturated carbocycles. The Kier molecular flexibility index (Phi) is 5.03. The smallest absolute Gasteiger partial charge is 0.380 e. The Morgan fingerprint density at radius 1 is 1.09 bits per heavy atom. The second kappa shape index (κ2) is 7.68. The molecule has 0 radical (unpaired) electrons. The fraction of sp³-hybridized carbons (Fsp3) is 0.435. The van der Waals surface area contributed by atoms with E-state index < -0.39 is 23.6 Å². The molecule has 0 spiro atoms. The third-order valence-corrected chi connectivity index (χ3v) is 6.64. The van der Waals surface area contributed by atoms with Gasteiger partial charge in [0.1, 0.15) is 5.82 Å². The molecule has 5 nitrogen and oxygen atoms in total. The minimum atomic E-state index is -4.40. The summed E-state index contributed by atoms with van der Waals surface area (Å²) < 4.78 is 68.5. The van der Waals surface area contributed by atoms with Crippen LogP contribution in [-0.2, 0) is 12.6 Å². The highest BCUT2D eigenvalue weighted by atomic mass is 19.4. The van der Waals surface area contributed by atoms with Crippen molar-refractivity contribution in [1.29, 1.82) is 0 Å². The number of benzene rings is 1. The van der Waals surface area contributed by atoms with Gasteiger partial charge in [-0.15, -0.1) is 10.2 Å². The summed E-state index contributed by atoms with van der Waals surface area (Å²) in [6.45, 7) is 8.64. The summed E-state index contributed by atoms with van der Waals surface area (Å²) in [5, 5.41) is 8.11. The zero-order valence-electron chi connectivity index (χ0n) is 17.5. The first kappa shape index (κ1) is 21.6. The van der Waals surface area contributed by atoms with Crippen molar-refractivity contribution < 1.29 is 22.0 Å². The minimum Gasteiger partial charge on any atom is -0.380 e. The lowest BCUT2D eigenvalue weighted by molar-refractivity contribution is -0.138. The van der Waals surface area contributed by atoms with Crippen LogP contribution in [0.1, 0.15) is 42.1 Å². The van der Waals surface area contributed by atoms with E-state index in [4.69, 9.17) is 6.57 Å². The highest BCUT2D eigenvalue weighted by Crippen LogP contribution is 2.50. The molecule has 1 saturated heterocycles. The summed E-state index contributed by atoms with van der Waals surface area (Å²) in [6.07, 6.45) is -1.75. The number of aromatic nitrogens is 3. The molecule has 3 aromatic rings. The molecule has 1 atom stereocenters. The van der Waals surface area contributed by atoms with Crippen molar-refractivity contribution in [3.63, 3.8) is 0 Å². The Balaban J connectivity index is 1.37. The molecule has 3 heterocycles. The van der Waals surface area contributed by atoms with Crippen LogP contribution in [-0.4, -0.2) is 33.6 Å². The van der Waals surface area contributed by atoms with Crippen molar-refractivity contribution in [3.05, 3.63) is 64.9 Å². The SMILES string of the molecule is [C-]#[N+]c1c(N2CCC(c3ccccc3C(F)(F)F)CC2)ccn2c(CC3CC3(F)F)nnc12. The summed E-state index contributed by atoms with van der Waals surface area (Å²) in [6, 6.07) is 7.43. The number of anilines is 1. The van der Waals surface area contributed by atoms with E-state index in [1.165, 1.54) is 6.07 Å². The number of pyridine rings is 1. The van der Waals surface area contributed by atoms with E-state index in [1.54, 1.807) is 28.8 Å². The molecule has 2 fully saturated rings. The van der Waals surface area contributed by atoms with Crippen LogP contribution in [0.4, 0.5) is 33.3 Å². The van der Waals surface area contributed by atoms with Gasteiger partial charge in [-0.2, -0.15) is 13.2 Å². The molecule has 2 aliphatic rings. The maximum Gasteiger partial charge on any atom is 0.416 e. The van der Waals surface area contributed by atoms with Crippen LogP contribution < -0.4 is 4.90 Å². The number of rotatable bonds is 4. The van der Waals surface area contributed by atoms with Gasteiger partial charge in [0, 0.05) is 43.7 Å². The lowest BCUT2D eigenvalue weighted by Crippen LogP contribution is -2.33. The number of hydrogen-bond donors (Lipinski definition) is 0.